The molecular weight excluding hydrogens is 345 g/mol. The second-order valence-electron chi connectivity index (χ2n) is 6.37. The molecule has 1 aromatic heterocycles. The van der Waals surface area contributed by atoms with Gasteiger partial charge in [0.25, 0.3) is 0 Å². The summed E-state index contributed by atoms with van der Waals surface area (Å²) < 4.78 is 21.9. The molecule has 3 aromatic rings. The minimum Gasteiger partial charge on any atom is -0.495 e. The van der Waals surface area contributed by atoms with Crippen LogP contribution in [-0.4, -0.2) is 29.2 Å². The lowest BCUT2D eigenvalue weighted by Gasteiger charge is -2.37. The SMILES string of the molecule is COc1ccccc1NC(=O)N1CCn2cccc2C1c1ccccc1F. The van der Waals surface area contributed by atoms with Crippen LogP contribution >= 0.6 is 0 Å². The van der Waals surface area contributed by atoms with Gasteiger partial charge in [0.2, 0.25) is 0 Å². The number of nitrogens with zero attached hydrogens (tertiary/aromatic N) is 2. The molecule has 2 aromatic carbocycles. The lowest BCUT2D eigenvalue weighted by Crippen LogP contribution is -2.44. The van der Waals surface area contributed by atoms with Crippen molar-refractivity contribution in [3.63, 3.8) is 0 Å². The molecule has 0 fully saturated rings. The van der Waals surface area contributed by atoms with Gasteiger partial charge in [0, 0.05) is 30.5 Å². The summed E-state index contributed by atoms with van der Waals surface area (Å²) in [6.45, 7) is 1.13. The van der Waals surface area contributed by atoms with E-state index in [2.05, 4.69) is 9.88 Å². The fourth-order valence-corrected chi connectivity index (χ4v) is 3.56. The van der Waals surface area contributed by atoms with E-state index < -0.39 is 6.04 Å². The zero-order valence-corrected chi connectivity index (χ0v) is 14.9. The van der Waals surface area contributed by atoms with E-state index in [1.165, 1.54) is 6.07 Å². The molecule has 138 valence electrons. The van der Waals surface area contributed by atoms with Gasteiger partial charge in [-0.05, 0) is 30.3 Å². The Hall–Kier alpha value is -3.28. The first-order valence-corrected chi connectivity index (χ1v) is 8.79. The molecule has 27 heavy (non-hydrogen) atoms. The van der Waals surface area contributed by atoms with Gasteiger partial charge >= 0.3 is 6.03 Å². The maximum atomic E-state index is 14.6. The van der Waals surface area contributed by atoms with Crippen molar-refractivity contribution in [2.45, 2.75) is 12.6 Å². The van der Waals surface area contributed by atoms with Gasteiger partial charge in [-0.3, -0.25) is 0 Å². The van der Waals surface area contributed by atoms with Gasteiger partial charge in [-0.2, -0.15) is 0 Å². The fourth-order valence-electron chi connectivity index (χ4n) is 3.56. The van der Waals surface area contributed by atoms with Crippen molar-refractivity contribution >= 4 is 11.7 Å². The van der Waals surface area contributed by atoms with Crippen LogP contribution in [0.3, 0.4) is 0 Å². The Balaban J connectivity index is 1.70. The number of hydrogen-bond donors (Lipinski definition) is 1. The average Bonchev–Trinajstić information content (AvgIpc) is 3.17. The number of carbonyl (C=O) groups excluding carboxylic acids is 1. The largest absolute Gasteiger partial charge is 0.495 e. The number of benzene rings is 2. The molecule has 5 nitrogen and oxygen atoms in total. The molecule has 4 rings (SSSR count). The summed E-state index contributed by atoms with van der Waals surface area (Å²) in [5.41, 5.74) is 1.95. The lowest BCUT2D eigenvalue weighted by molar-refractivity contribution is 0.180. The monoisotopic (exact) mass is 365 g/mol. The molecule has 1 aliphatic heterocycles. The van der Waals surface area contributed by atoms with Gasteiger partial charge in [-0.25, -0.2) is 9.18 Å². The molecule has 0 radical (unpaired) electrons. The van der Waals surface area contributed by atoms with Crippen LogP contribution in [0, 0.1) is 5.82 Å². The Kier molecular flexibility index (Phi) is 4.54. The molecule has 0 saturated carbocycles. The summed E-state index contributed by atoms with van der Waals surface area (Å²) in [7, 11) is 1.56. The van der Waals surface area contributed by atoms with Crippen LogP contribution in [0.15, 0.2) is 66.9 Å². The number of rotatable bonds is 3. The molecule has 1 atom stereocenters. The number of urea groups is 1. The number of hydrogen-bond acceptors (Lipinski definition) is 2. The van der Waals surface area contributed by atoms with E-state index >= 15 is 0 Å². The molecule has 0 saturated heterocycles. The molecule has 0 bridgehead atoms. The average molecular weight is 365 g/mol. The number of para-hydroxylation sites is 2. The highest BCUT2D eigenvalue weighted by Gasteiger charge is 2.34. The van der Waals surface area contributed by atoms with Crippen molar-refractivity contribution in [3.05, 3.63) is 83.9 Å². The van der Waals surface area contributed by atoms with Gasteiger partial charge in [0.1, 0.15) is 17.6 Å². The van der Waals surface area contributed by atoms with Crippen molar-refractivity contribution < 1.29 is 13.9 Å². The molecular formula is C21H20FN3O2. The molecule has 1 N–H and O–H groups in total. The first kappa shape index (κ1) is 17.1. The van der Waals surface area contributed by atoms with Crippen LogP contribution in [0.25, 0.3) is 0 Å². The first-order chi connectivity index (χ1) is 13.2. The van der Waals surface area contributed by atoms with Gasteiger partial charge in [-0.1, -0.05) is 30.3 Å². The van der Waals surface area contributed by atoms with Gasteiger partial charge in [-0.15, -0.1) is 0 Å². The second-order valence-corrected chi connectivity index (χ2v) is 6.37. The highest BCUT2D eigenvalue weighted by atomic mass is 19.1. The number of carbonyl (C=O) groups is 1. The smallest absolute Gasteiger partial charge is 0.322 e. The number of nitrogens with one attached hydrogen (secondary N) is 1. The van der Waals surface area contributed by atoms with Crippen molar-refractivity contribution in [1.82, 2.24) is 9.47 Å². The zero-order valence-electron chi connectivity index (χ0n) is 14.9. The number of methoxy groups -OCH3 is 1. The minimum absolute atomic E-state index is 0.291. The predicted octanol–water partition coefficient (Wildman–Crippen LogP) is 4.27. The Morgan fingerprint density at radius 3 is 2.67 bits per heavy atom. The van der Waals surface area contributed by atoms with E-state index in [4.69, 9.17) is 4.74 Å². The quantitative estimate of drug-likeness (QED) is 0.753. The van der Waals surface area contributed by atoms with Crippen LogP contribution in [0.4, 0.5) is 14.9 Å². The molecule has 2 amide bonds. The van der Waals surface area contributed by atoms with Crippen molar-refractivity contribution in [2.75, 3.05) is 19.0 Å². The second kappa shape index (κ2) is 7.15. The molecule has 0 aliphatic carbocycles. The van der Waals surface area contributed by atoms with Crippen LogP contribution in [0.2, 0.25) is 0 Å². The maximum Gasteiger partial charge on any atom is 0.322 e. The zero-order chi connectivity index (χ0) is 18.8. The van der Waals surface area contributed by atoms with Crippen LogP contribution < -0.4 is 10.1 Å². The summed E-state index contributed by atoms with van der Waals surface area (Å²) in [6.07, 6.45) is 1.96. The normalized spacial score (nSPS) is 15.9. The highest BCUT2D eigenvalue weighted by Crippen LogP contribution is 2.34. The molecule has 1 aliphatic rings. The number of anilines is 1. The van der Waals surface area contributed by atoms with Crippen molar-refractivity contribution in [2.24, 2.45) is 0 Å². The Bertz CT molecular complexity index is 969. The van der Waals surface area contributed by atoms with E-state index in [9.17, 15) is 9.18 Å². The van der Waals surface area contributed by atoms with Gasteiger partial charge < -0.3 is 19.5 Å². The summed E-state index contributed by atoms with van der Waals surface area (Å²) in [6, 6.07) is 16.9. The third kappa shape index (κ3) is 3.14. The first-order valence-electron chi connectivity index (χ1n) is 8.79. The molecule has 1 unspecified atom stereocenters. The third-order valence-corrected chi connectivity index (χ3v) is 4.85. The van der Waals surface area contributed by atoms with E-state index in [1.54, 1.807) is 42.3 Å². The number of amides is 2. The van der Waals surface area contributed by atoms with E-state index in [-0.39, 0.29) is 11.8 Å². The molecule has 0 spiro atoms. The fraction of sp³-hybridized carbons (Fsp3) is 0.190. The Labute approximate surface area is 157 Å². The predicted molar refractivity (Wildman–Crippen MR) is 101 cm³/mol. The summed E-state index contributed by atoms with van der Waals surface area (Å²) >= 11 is 0. The van der Waals surface area contributed by atoms with E-state index in [1.807, 2.05) is 30.5 Å². The number of ether oxygens (including phenoxy) is 1. The van der Waals surface area contributed by atoms with Gasteiger partial charge in [0.05, 0.1) is 12.8 Å². The molecule has 6 heteroatoms. The third-order valence-electron chi connectivity index (χ3n) is 4.85. The minimum atomic E-state index is -0.496. The number of aromatic nitrogens is 1. The Morgan fingerprint density at radius 1 is 1.07 bits per heavy atom. The highest BCUT2D eigenvalue weighted by molar-refractivity contribution is 5.91. The standard InChI is InChI=1S/C21H20FN3O2/c1-27-19-11-5-4-9-17(19)23-21(26)25-14-13-24-12-6-10-18(24)20(25)15-7-2-3-8-16(15)22/h2-12,20H,13-14H2,1H3,(H,23,26). The Morgan fingerprint density at radius 2 is 1.85 bits per heavy atom. The maximum absolute atomic E-state index is 14.6. The summed E-state index contributed by atoms with van der Waals surface area (Å²) in [4.78, 5) is 14.8. The number of halogens is 1. The van der Waals surface area contributed by atoms with Crippen LogP contribution in [0.5, 0.6) is 5.75 Å². The van der Waals surface area contributed by atoms with Crippen molar-refractivity contribution in [1.29, 1.82) is 0 Å². The summed E-state index contributed by atoms with van der Waals surface area (Å²) in [5.74, 6) is 0.251. The van der Waals surface area contributed by atoms with E-state index in [0.29, 0.717) is 30.1 Å². The number of fused-ring (bicyclic) bond motifs is 1. The summed E-state index contributed by atoms with van der Waals surface area (Å²) in [5, 5.41) is 2.90. The lowest BCUT2D eigenvalue weighted by atomic mass is 9.99. The van der Waals surface area contributed by atoms with Crippen LogP contribution in [0.1, 0.15) is 17.3 Å². The van der Waals surface area contributed by atoms with E-state index in [0.717, 1.165) is 5.69 Å². The molecule has 2 heterocycles. The topological polar surface area (TPSA) is 46.5 Å². The van der Waals surface area contributed by atoms with Crippen LogP contribution in [-0.2, 0) is 6.54 Å². The van der Waals surface area contributed by atoms with Crippen molar-refractivity contribution in [3.8, 4) is 5.75 Å². The van der Waals surface area contributed by atoms with Gasteiger partial charge in [0.15, 0.2) is 0 Å².